The van der Waals surface area contributed by atoms with Gasteiger partial charge in [-0.05, 0) is 62.6 Å². The van der Waals surface area contributed by atoms with E-state index in [0.29, 0.717) is 17.0 Å². The fourth-order valence-electron chi connectivity index (χ4n) is 3.26. The number of nitrogens with one attached hydrogen (secondary N) is 1. The van der Waals surface area contributed by atoms with Gasteiger partial charge in [0.1, 0.15) is 11.8 Å². The number of hydrogen-bond donors (Lipinski definition) is 1. The van der Waals surface area contributed by atoms with Gasteiger partial charge in [0, 0.05) is 24.5 Å². The number of piperidine rings is 1. The van der Waals surface area contributed by atoms with Crippen LogP contribution in [0, 0.1) is 11.3 Å². The number of ether oxygens (including phenoxy) is 2. The molecule has 2 aromatic rings. The monoisotopic (exact) mass is 407 g/mol. The van der Waals surface area contributed by atoms with Gasteiger partial charge >= 0.3 is 5.97 Å². The number of rotatable bonds is 7. The molecular formula is C23H25N3O4. The summed E-state index contributed by atoms with van der Waals surface area (Å²) in [7, 11) is 0. The van der Waals surface area contributed by atoms with E-state index in [0.717, 1.165) is 18.8 Å². The average Bonchev–Trinajstić information content (AvgIpc) is 2.79. The van der Waals surface area contributed by atoms with E-state index in [2.05, 4.69) is 10.2 Å². The second-order valence-electron chi connectivity index (χ2n) is 7.11. The quantitative estimate of drug-likeness (QED) is 0.707. The number of hydrogen-bond acceptors (Lipinski definition) is 6. The third kappa shape index (κ3) is 5.74. The number of anilines is 2. The first-order valence-electron chi connectivity index (χ1n) is 10.0. The zero-order valence-electron chi connectivity index (χ0n) is 17.0. The lowest BCUT2D eigenvalue weighted by molar-refractivity contribution is -0.155. The van der Waals surface area contributed by atoms with Gasteiger partial charge in [-0.15, -0.1) is 0 Å². The highest BCUT2D eigenvalue weighted by Crippen LogP contribution is 2.22. The third-order valence-corrected chi connectivity index (χ3v) is 4.89. The first-order chi connectivity index (χ1) is 14.6. The number of esters is 1. The maximum Gasteiger partial charge on any atom is 0.344 e. The standard InChI is InChI=1S/C23H25N3O4/c1-17(30-22(27)16-29-21-8-4-3-7-18(21)15-24)23(28)25-19-9-11-20(12-10-19)26-13-5-2-6-14-26/h3-4,7-12,17H,2,5-6,13-14,16H2,1H3,(H,25,28)/t17-/m0/s1. The van der Waals surface area contributed by atoms with E-state index in [1.807, 2.05) is 30.3 Å². The minimum absolute atomic E-state index is 0.294. The number of carbonyl (C=O) groups excluding carboxylic acids is 2. The van der Waals surface area contributed by atoms with Gasteiger partial charge in [-0.3, -0.25) is 4.79 Å². The Hall–Kier alpha value is -3.53. The molecule has 2 aromatic carbocycles. The van der Waals surface area contributed by atoms with Gasteiger partial charge in [0.15, 0.2) is 12.7 Å². The Labute approximate surface area is 176 Å². The topological polar surface area (TPSA) is 91.7 Å². The highest BCUT2D eigenvalue weighted by molar-refractivity contribution is 5.95. The van der Waals surface area contributed by atoms with Gasteiger partial charge in [-0.25, -0.2) is 4.79 Å². The summed E-state index contributed by atoms with van der Waals surface area (Å²) < 4.78 is 10.5. The van der Waals surface area contributed by atoms with E-state index in [1.165, 1.54) is 26.2 Å². The van der Waals surface area contributed by atoms with Crippen molar-refractivity contribution in [3.63, 3.8) is 0 Å². The van der Waals surface area contributed by atoms with E-state index in [9.17, 15) is 9.59 Å². The molecule has 1 aliphatic heterocycles. The molecule has 0 spiro atoms. The van der Waals surface area contributed by atoms with Crippen LogP contribution in [0.4, 0.5) is 11.4 Å². The van der Waals surface area contributed by atoms with Crippen molar-refractivity contribution in [3.05, 3.63) is 54.1 Å². The van der Waals surface area contributed by atoms with Gasteiger partial charge < -0.3 is 19.7 Å². The molecule has 7 heteroatoms. The molecule has 1 saturated heterocycles. The van der Waals surface area contributed by atoms with E-state index in [1.54, 1.807) is 24.3 Å². The van der Waals surface area contributed by atoms with Gasteiger partial charge in [0.05, 0.1) is 5.56 Å². The van der Waals surface area contributed by atoms with Gasteiger partial charge in [0.2, 0.25) is 0 Å². The lowest BCUT2D eigenvalue weighted by atomic mass is 10.1. The lowest BCUT2D eigenvalue weighted by Gasteiger charge is -2.28. The predicted octanol–water partition coefficient (Wildman–Crippen LogP) is 3.50. The summed E-state index contributed by atoms with van der Waals surface area (Å²) in [5.74, 6) is -0.819. The molecule has 1 amide bonds. The third-order valence-electron chi connectivity index (χ3n) is 4.89. The largest absolute Gasteiger partial charge is 0.481 e. The summed E-state index contributed by atoms with van der Waals surface area (Å²) >= 11 is 0. The van der Waals surface area contributed by atoms with E-state index >= 15 is 0 Å². The molecule has 1 fully saturated rings. The first-order valence-corrected chi connectivity index (χ1v) is 10.0. The first kappa shape index (κ1) is 21.2. The Morgan fingerprint density at radius 2 is 1.80 bits per heavy atom. The predicted molar refractivity (Wildman–Crippen MR) is 113 cm³/mol. The van der Waals surface area contributed by atoms with Crippen LogP contribution in [-0.4, -0.2) is 37.7 Å². The van der Waals surface area contributed by atoms with Crippen LogP contribution in [0.25, 0.3) is 0 Å². The fourth-order valence-corrected chi connectivity index (χ4v) is 3.26. The second-order valence-corrected chi connectivity index (χ2v) is 7.11. The van der Waals surface area contributed by atoms with Gasteiger partial charge in [-0.1, -0.05) is 12.1 Å². The number of nitrogens with zero attached hydrogens (tertiary/aromatic N) is 2. The Balaban J connectivity index is 1.47. The molecule has 1 aliphatic rings. The van der Waals surface area contributed by atoms with Crippen molar-refractivity contribution in [2.45, 2.75) is 32.3 Å². The van der Waals surface area contributed by atoms with Crippen molar-refractivity contribution in [2.24, 2.45) is 0 Å². The van der Waals surface area contributed by atoms with Crippen LogP contribution in [0.5, 0.6) is 5.75 Å². The molecular weight excluding hydrogens is 382 g/mol. The maximum absolute atomic E-state index is 12.3. The maximum atomic E-state index is 12.3. The molecule has 3 rings (SSSR count). The van der Waals surface area contributed by atoms with Gasteiger partial charge in [-0.2, -0.15) is 5.26 Å². The molecule has 0 radical (unpaired) electrons. The molecule has 1 heterocycles. The van der Waals surface area contributed by atoms with Crippen molar-refractivity contribution in [1.82, 2.24) is 0 Å². The molecule has 0 aromatic heterocycles. The van der Waals surface area contributed by atoms with Crippen molar-refractivity contribution < 1.29 is 19.1 Å². The number of carbonyl (C=O) groups is 2. The summed E-state index contributed by atoms with van der Waals surface area (Å²) in [6, 6.07) is 16.2. The number of para-hydroxylation sites is 1. The highest BCUT2D eigenvalue weighted by atomic mass is 16.6. The molecule has 30 heavy (non-hydrogen) atoms. The van der Waals surface area contributed by atoms with Crippen LogP contribution in [-0.2, 0) is 14.3 Å². The zero-order valence-corrected chi connectivity index (χ0v) is 17.0. The molecule has 156 valence electrons. The Bertz CT molecular complexity index is 915. The molecule has 0 unspecified atom stereocenters. The molecule has 0 saturated carbocycles. The van der Waals surface area contributed by atoms with Crippen molar-refractivity contribution >= 4 is 23.3 Å². The zero-order chi connectivity index (χ0) is 21.3. The second kappa shape index (κ2) is 10.3. The van der Waals surface area contributed by atoms with E-state index in [4.69, 9.17) is 14.7 Å². The number of amides is 1. The van der Waals surface area contributed by atoms with E-state index < -0.39 is 18.0 Å². The van der Waals surface area contributed by atoms with E-state index in [-0.39, 0.29) is 6.61 Å². The van der Waals surface area contributed by atoms with Crippen LogP contribution < -0.4 is 15.0 Å². The van der Waals surface area contributed by atoms with Crippen molar-refractivity contribution in [2.75, 3.05) is 29.9 Å². The number of benzene rings is 2. The molecule has 1 N–H and O–H groups in total. The molecule has 1 atom stereocenters. The lowest BCUT2D eigenvalue weighted by Crippen LogP contribution is -2.32. The Morgan fingerprint density at radius 3 is 2.50 bits per heavy atom. The van der Waals surface area contributed by atoms with Gasteiger partial charge in [0.25, 0.3) is 5.91 Å². The SMILES string of the molecule is C[C@H](OC(=O)COc1ccccc1C#N)C(=O)Nc1ccc(N2CCCCC2)cc1. The summed E-state index contributed by atoms with van der Waals surface area (Å²) in [5.41, 5.74) is 2.11. The molecule has 7 nitrogen and oxygen atoms in total. The van der Waals surface area contributed by atoms with Crippen molar-refractivity contribution in [3.8, 4) is 11.8 Å². The van der Waals surface area contributed by atoms with Crippen molar-refractivity contribution in [1.29, 1.82) is 5.26 Å². The highest BCUT2D eigenvalue weighted by Gasteiger charge is 2.19. The summed E-state index contributed by atoms with van der Waals surface area (Å²) in [5, 5.41) is 11.8. The summed E-state index contributed by atoms with van der Waals surface area (Å²) in [6.45, 7) is 3.22. The summed E-state index contributed by atoms with van der Waals surface area (Å²) in [4.78, 5) is 26.7. The molecule has 0 bridgehead atoms. The van der Waals surface area contributed by atoms with Crippen LogP contribution >= 0.6 is 0 Å². The van der Waals surface area contributed by atoms with Crippen LogP contribution in [0.1, 0.15) is 31.7 Å². The number of nitriles is 1. The van der Waals surface area contributed by atoms with Crippen LogP contribution in [0.2, 0.25) is 0 Å². The van der Waals surface area contributed by atoms with Crippen LogP contribution in [0.3, 0.4) is 0 Å². The Kier molecular flexibility index (Phi) is 7.28. The average molecular weight is 407 g/mol. The smallest absolute Gasteiger partial charge is 0.344 e. The minimum Gasteiger partial charge on any atom is -0.481 e. The van der Waals surface area contributed by atoms with Crippen LogP contribution in [0.15, 0.2) is 48.5 Å². The Morgan fingerprint density at radius 1 is 1.10 bits per heavy atom. The molecule has 0 aliphatic carbocycles. The normalized spacial score (nSPS) is 14.3. The minimum atomic E-state index is -0.978. The fraction of sp³-hybridized carbons (Fsp3) is 0.348. The summed E-state index contributed by atoms with van der Waals surface area (Å²) in [6.07, 6.45) is 2.70.